The molecule has 1 fully saturated rings. The molecule has 2 aromatic rings. The van der Waals surface area contributed by atoms with Crippen molar-refractivity contribution < 1.29 is 4.79 Å². The third-order valence-corrected chi connectivity index (χ3v) is 6.74. The van der Waals surface area contributed by atoms with Gasteiger partial charge in [0.15, 0.2) is 0 Å². The van der Waals surface area contributed by atoms with Gasteiger partial charge in [-0.3, -0.25) is 4.79 Å². The van der Waals surface area contributed by atoms with Crippen molar-refractivity contribution in [1.29, 1.82) is 0 Å². The zero-order valence-electron chi connectivity index (χ0n) is 17.0. The van der Waals surface area contributed by atoms with Crippen LogP contribution in [0.1, 0.15) is 73.4 Å². The minimum atomic E-state index is 0.0255. The largest absolute Gasteiger partial charge is 0.340 e. The average molecular weight is 397 g/mol. The van der Waals surface area contributed by atoms with E-state index in [1.165, 1.54) is 5.56 Å². The fraction of sp³-hybridized carbons (Fsp3) is 0.500. The molecule has 1 N–H and O–H groups in total. The Morgan fingerprint density at radius 1 is 1.14 bits per heavy atom. The van der Waals surface area contributed by atoms with Crippen LogP contribution in [0.5, 0.6) is 0 Å². The molecule has 4 rings (SSSR count). The van der Waals surface area contributed by atoms with Crippen LogP contribution in [0.3, 0.4) is 0 Å². The van der Waals surface area contributed by atoms with E-state index in [1.807, 2.05) is 30.5 Å². The first-order valence-electron chi connectivity index (χ1n) is 10.1. The van der Waals surface area contributed by atoms with Gasteiger partial charge in [-0.05, 0) is 49.6 Å². The van der Waals surface area contributed by atoms with Crippen molar-refractivity contribution >= 4 is 29.2 Å². The van der Waals surface area contributed by atoms with Gasteiger partial charge in [0, 0.05) is 29.0 Å². The fourth-order valence-electron chi connectivity index (χ4n) is 3.74. The molecule has 2 aliphatic rings. The molecule has 1 atom stereocenters. The number of amides is 1. The molecule has 1 aromatic heterocycles. The lowest BCUT2D eigenvalue weighted by Gasteiger charge is -2.19. The summed E-state index contributed by atoms with van der Waals surface area (Å²) in [6.45, 7) is 9.04. The van der Waals surface area contributed by atoms with Crippen LogP contribution in [0.4, 0.5) is 11.5 Å². The molecule has 28 heavy (non-hydrogen) atoms. The zero-order chi connectivity index (χ0) is 19.8. The van der Waals surface area contributed by atoms with Gasteiger partial charge in [-0.25, -0.2) is 9.97 Å². The second-order valence-corrected chi connectivity index (χ2v) is 9.40. The smallest absolute Gasteiger partial charge is 0.273 e. The summed E-state index contributed by atoms with van der Waals surface area (Å²) in [6, 6.07) is 8.62. The standard InChI is InChI=1S/C22H28N4OS/c1-13(2)15-5-7-17(8-6-15)23-21-18-11-26(14(3)4)22(27)19(18)24-20(25-21)16-9-10-28-12-16/h5-8,13-14,16H,9-12H2,1-4H3,(H,23,24,25). The summed E-state index contributed by atoms with van der Waals surface area (Å²) >= 11 is 1.93. The summed E-state index contributed by atoms with van der Waals surface area (Å²) in [6.07, 6.45) is 1.08. The van der Waals surface area contributed by atoms with Gasteiger partial charge < -0.3 is 10.2 Å². The van der Waals surface area contributed by atoms with Gasteiger partial charge in [0.2, 0.25) is 0 Å². The molecular formula is C22H28N4OS. The monoisotopic (exact) mass is 396 g/mol. The van der Waals surface area contributed by atoms with Crippen LogP contribution < -0.4 is 5.32 Å². The van der Waals surface area contributed by atoms with Gasteiger partial charge >= 0.3 is 0 Å². The number of nitrogens with one attached hydrogen (secondary N) is 1. The average Bonchev–Trinajstić information content (AvgIpc) is 3.31. The number of aromatic nitrogens is 2. The lowest BCUT2D eigenvalue weighted by atomic mass is 10.0. The number of benzene rings is 1. The number of hydrogen-bond acceptors (Lipinski definition) is 5. The van der Waals surface area contributed by atoms with E-state index in [-0.39, 0.29) is 11.9 Å². The maximum absolute atomic E-state index is 12.9. The van der Waals surface area contributed by atoms with E-state index < -0.39 is 0 Å². The van der Waals surface area contributed by atoms with Crippen molar-refractivity contribution in [3.05, 3.63) is 46.9 Å². The molecular weight excluding hydrogens is 368 g/mol. The first-order valence-corrected chi connectivity index (χ1v) is 11.3. The second kappa shape index (κ2) is 7.74. The minimum Gasteiger partial charge on any atom is -0.340 e. The number of anilines is 2. The van der Waals surface area contributed by atoms with E-state index in [2.05, 4.69) is 43.4 Å². The molecule has 0 aliphatic carbocycles. The van der Waals surface area contributed by atoms with Gasteiger partial charge in [-0.1, -0.05) is 26.0 Å². The van der Waals surface area contributed by atoms with Gasteiger partial charge in [-0.2, -0.15) is 11.8 Å². The Morgan fingerprint density at radius 2 is 1.89 bits per heavy atom. The van der Waals surface area contributed by atoms with E-state index in [0.29, 0.717) is 24.1 Å². The molecule has 0 saturated carbocycles. The summed E-state index contributed by atoms with van der Waals surface area (Å²) in [4.78, 5) is 24.4. The van der Waals surface area contributed by atoms with E-state index in [4.69, 9.17) is 9.97 Å². The summed E-state index contributed by atoms with van der Waals surface area (Å²) in [5.41, 5.74) is 3.80. The highest BCUT2D eigenvalue weighted by Gasteiger charge is 2.35. The molecule has 5 nitrogen and oxygen atoms in total. The molecule has 1 aromatic carbocycles. The van der Waals surface area contributed by atoms with Gasteiger partial charge in [0.05, 0.1) is 6.54 Å². The van der Waals surface area contributed by atoms with Crippen molar-refractivity contribution in [3.8, 4) is 0 Å². The zero-order valence-corrected chi connectivity index (χ0v) is 17.8. The number of nitrogens with zero attached hydrogens (tertiary/aromatic N) is 3. The molecule has 0 bridgehead atoms. The number of hydrogen-bond donors (Lipinski definition) is 1. The summed E-state index contributed by atoms with van der Waals surface area (Å²) in [7, 11) is 0. The van der Waals surface area contributed by atoms with Crippen LogP contribution in [-0.2, 0) is 6.54 Å². The van der Waals surface area contributed by atoms with Crippen LogP contribution in [0.25, 0.3) is 0 Å². The predicted octanol–water partition coefficient (Wildman–Crippen LogP) is 4.93. The Morgan fingerprint density at radius 3 is 2.50 bits per heavy atom. The molecule has 148 valence electrons. The third kappa shape index (κ3) is 3.62. The number of carbonyl (C=O) groups is 1. The SMILES string of the molecule is CC(C)c1ccc(Nc2nc(C3CCSC3)nc3c2CN(C(C)C)C3=O)cc1. The van der Waals surface area contributed by atoms with E-state index in [0.717, 1.165) is 40.8 Å². The molecule has 1 amide bonds. The van der Waals surface area contributed by atoms with Crippen molar-refractivity contribution in [2.24, 2.45) is 0 Å². The molecule has 1 saturated heterocycles. The molecule has 6 heteroatoms. The van der Waals surface area contributed by atoms with Crippen molar-refractivity contribution in [3.63, 3.8) is 0 Å². The lowest BCUT2D eigenvalue weighted by molar-refractivity contribution is 0.0726. The summed E-state index contributed by atoms with van der Waals surface area (Å²) in [5.74, 6) is 4.62. The van der Waals surface area contributed by atoms with Crippen molar-refractivity contribution in [2.75, 3.05) is 16.8 Å². The number of carbonyl (C=O) groups excluding carboxylic acids is 1. The van der Waals surface area contributed by atoms with Crippen molar-refractivity contribution in [2.45, 2.75) is 58.5 Å². The Bertz CT molecular complexity index is 873. The summed E-state index contributed by atoms with van der Waals surface area (Å²) < 4.78 is 0. The minimum absolute atomic E-state index is 0.0255. The van der Waals surface area contributed by atoms with Crippen LogP contribution in [0.15, 0.2) is 24.3 Å². The second-order valence-electron chi connectivity index (χ2n) is 8.25. The normalized spacial score (nSPS) is 19.0. The van der Waals surface area contributed by atoms with Crippen LogP contribution in [0, 0.1) is 0 Å². The first-order chi connectivity index (χ1) is 13.4. The first kappa shape index (κ1) is 19.2. The third-order valence-electron chi connectivity index (χ3n) is 5.57. The maximum Gasteiger partial charge on any atom is 0.273 e. The van der Waals surface area contributed by atoms with E-state index in [1.54, 1.807) is 0 Å². The van der Waals surface area contributed by atoms with Gasteiger partial charge in [0.1, 0.15) is 17.3 Å². The molecule has 0 radical (unpaired) electrons. The molecule has 0 spiro atoms. The quantitative estimate of drug-likeness (QED) is 0.777. The van der Waals surface area contributed by atoms with E-state index in [9.17, 15) is 4.79 Å². The van der Waals surface area contributed by atoms with Crippen LogP contribution in [0.2, 0.25) is 0 Å². The van der Waals surface area contributed by atoms with E-state index >= 15 is 0 Å². The number of rotatable bonds is 5. The summed E-state index contributed by atoms with van der Waals surface area (Å²) in [5, 5.41) is 3.48. The van der Waals surface area contributed by atoms with Crippen LogP contribution in [-0.4, -0.2) is 38.3 Å². The van der Waals surface area contributed by atoms with Gasteiger partial charge in [-0.15, -0.1) is 0 Å². The Hall–Kier alpha value is -2.08. The highest BCUT2D eigenvalue weighted by Crippen LogP contribution is 2.35. The molecule has 1 unspecified atom stereocenters. The topological polar surface area (TPSA) is 58.1 Å². The highest BCUT2D eigenvalue weighted by molar-refractivity contribution is 7.99. The molecule has 2 aliphatic heterocycles. The highest BCUT2D eigenvalue weighted by atomic mass is 32.2. The number of thioether (sulfide) groups is 1. The van der Waals surface area contributed by atoms with Crippen LogP contribution >= 0.6 is 11.8 Å². The van der Waals surface area contributed by atoms with Crippen molar-refractivity contribution in [1.82, 2.24) is 14.9 Å². The Balaban J connectivity index is 1.71. The number of fused-ring (bicyclic) bond motifs is 1. The maximum atomic E-state index is 12.9. The Labute approximate surface area is 171 Å². The fourth-order valence-corrected chi connectivity index (χ4v) is 4.95. The lowest BCUT2D eigenvalue weighted by Crippen LogP contribution is -2.31. The van der Waals surface area contributed by atoms with Gasteiger partial charge in [0.25, 0.3) is 5.91 Å². The molecule has 3 heterocycles. The Kier molecular flexibility index (Phi) is 5.32. The predicted molar refractivity (Wildman–Crippen MR) is 116 cm³/mol.